The number of imide groups is 1. The number of amides is 3. The van der Waals surface area contributed by atoms with Crippen molar-refractivity contribution in [3.05, 3.63) is 11.8 Å². The van der Waals surface area contributed by atoms with Crippen LogP contribution in [0.4, 0.5) is 10.6 Å². The van der Waals surface area contributed by atoms with Gasteiger partial charge in [-0.15, -0.1) is 0 Å². The predicted octanol–water partition coefficient (Wildman–Crippen LogP) is 0.448. The largest absolute Gasteiger partial charge is 0.384 e. The molecule has 1 fully saturated rings. The number of carbonyl (C=O) groups is 2. The van der Waals surface area contributed by atoms with Crippen LogP contribution in [0.2, 0.25) is 0 Å². The fraction of sp³-hybridized carbons (Fsp3) is 0.455. The monoisotopic (exact) mass is 281 g/mol. The molecule has 0 atom stereocenters. The Balaban J connectivity index is 1.77. The summed E-state index contributed by atoms with van der Waals surface area (Å²) in [5, 5.41) is 5.35. The summed E-state index contributed by atoms with van der Waals surface area (Å²) in [5.74, 6) is 0.0507. The van der Waals surface area contributed by atoms with Crippen LogP contribution >= 0.6 is 11.8 Å². The third kappa shape index (κ3) is 4.74. The van der Waals surface area contributed by atoms with Gasteiger partial charge in [0.2, 0.25) is 5.91 Å². The molecular weight excluding hydrogens is 266 g/mol. The maximum atomic E-state index is 11.5. The van der Waals surface area contributed by atoms with E-state index in [-0.39, 0.29) is 17.7 Å². The van der Waals surface area contributed by atoms with E-state index in [1.165, 1.54) is 0 Å². The van der Waals surface area contributed by atoms with Crippen molar-refractivity contribution in [3.8, 4) is 0 Å². The van der Waals surface area contributed by atoms with Crippen LogP contribution in [-0.2, 0) is 4.79 Å². The molecule has 4 N–H and O–H groups in total. The average Bonchev–Trinajstić information content (AvgIpc) is 3.08. The zero-order valence-electron chi connectivity index (χ0n) is 10.5. The second-order valence-corrected chi connectivity index (χ2v) is 5.24. The summed E-state index contributed by atoms with van der Waals surface area (Å²) in [6, 6.07) is 1.42. The molecule has 0 aliphatic heterocycles. The third-order valence-corrected chi connectivity index (χ3v) is 3.20. The van der Waals surface area contributed by atoms with E-state index in [9.17, 15) is 9.59 Å². The Morgan fingerprint density at radius 3 is 2.84 bits per heavy atom. The molecule has 1 aliphatic carbocycles. The molecule has 102 valence electrons. The van der Waals surface area contributed by atoms with Crippen LogP contribution in [0.3, 0.4) is 0 Å². The van der Waals surface area contributed by atoms with Gasteiger partial charge in [0.1, 0.15) is 5.82 Å². The minimum Gasteiger partial charge on any atom is -0.384 e. The molecule has 1 saturated carbocycles. The molecule has 0 saturated heterocycles. The fourth-order valence-electron chi connectivity index (χ4n) is 1.37. The Kier molecular flexibility index (Phi) is 4.20. The highest BCUT2D eigenvalue weighted by molar-refractivity contribution is 7.99. The Hall–Kier alpha value is -1.83. The molecule has 0 radical (unpaired) electrons. The number of aryl methyl sites for hydroxylation is 1. The molecule has 2 rings (SSSR count). The third-order valence-electron chi connectivity index (χ3n) is 2.35. The van der Waals surface area contributed by atoms with E-state index in [4.69, 9.17) is 5.73 Å². The number of carbonyl (C=O) groups excluding carboxylic acids is 2. The normalized spacial score (nSPS) is 13.9. The first kappa shape index (κ1) is 13.6. The average molecular weight is 281 g/mol. The lowest BCUT2D eigenvalue weighted by molar-refractivity contribution is -0.117. The lowest BCUT2D eigenvalue weighted by atomic mass is 10.4. The summed E-state index contributed by atoms with van der Waals surface area (Å²) in [5.41, 5.74) is 6.32. The van der Waals surface area contributed by atoms with Gasteiger partial charge in [0.25, 0.3) is 0 Å². The summed E-state index contributed by atoms with van der Waals surface area (Å²) in [6.07, 6.45) is 1.96. The van der Waals surface area contributed by atoms with Crippen molar-refractivity contribution in [2.24, 2.45) is 0 Å². The predicted molar refractivity (Wildman–Crippen MR) is 71.6 cm³/mol. The molecule has 7 nitrogen and oxygen atoms in total. The van der Waals surface area contributed by atoms with Gasteiger partial charge in [0, 0.05) is 17.8 Å². The van der Waals surface area contributed by atoms with Crippen molar-refractivity contribution in [2.75, 3.05) is 11.5 Å². The van der Waals surface area contributed by atoms with Gasteiger partial charge < -0.3 is 11.1 Å². The van der Waals surface area contributed by atoms with Gasteiger partial charge in [0.05, 0.1) is 5.75 Å². The molecule has 3 amide bonds. The Morgan fingerprint density at radius 2 is 2.21 bits per heavy atom. The highest BCUT2D eigenvalue weighted by Crippen LogP contribution is 2.18. The smallest absolute Gasteiger partial charge is 0.321 e. The number of hydrogen-bond donors (Lipinski definition) is 3. The van der Waals surface area contributed by atoms with Crippen molar-refractivity contribution in [1.82, 2.24) is 20.6 Å². The number of nitrogen functional groups attached to an aromatic ring is 1. The van der Waals surface area contributed by atoms with Crippen LogP contribution in [0, 0.1) is 6.92 Å². The lowest BCUT2D eigenvalue weighted by Crippen LogP contribution is -2.41. The maximum absolute atomic E-state index is 11.5. The van der Waals surface area contributed by atoms with Crippen LogP contribution < -0.4 is 16.4 Å². The van der Waals surface area contributed by atoms with Crippen LogP contribution in [0.25, 0.3) is 0 Å². The molecule has 1 heterocycles. The summed E-state index contributed by atoms with van der Waals surface area (Å²) >= 11 is 1.14. The molecular formula is C11H15N5O2S. The Labute approximate surface area is 114 Å². The highest BCUT2D eigenvalue weighted by atomic mass is 32.2. The number of nitrogens with zero attached hydrogens (tertiary/aromatic N) is 2. The van der Waals surface area contributed by atoms with Crippen molar-refractivity contribution < 1.29 is 9.59 Å². The molecule has 0 spiro atoms. The number of rotatable bonds is 4. The van der Waals surface area contributed by atoms with E-state index < -0.39 is 6.03 Å². The SMILES string of the molecule is Cc1cc(N)nc(SCC(=O)NC(=O)NC2CC2)n1. The highest BCUT2D eigenvalue weighted by Gasteiger charge is 2.23. The van der Waals surface area contributed by atoms with E-state index in [0.29, 0.717) is 11.0 Å². The second-order valence-electron chi connectivity index (χ2n) is 4.30. The van der Waals surface area contributed by atoms with E-state index >= 15 is 0 Å². The van der Waals surface area contributed by atoms with Crippen molar-refractivity contribution in [3.63, 3.8) is 0 Å². The van der Waals surface area contributed by atoms with Gasteiger partial charge in [-0.1, -0.05) is 11.8 Å². The first-order valence-corrected chi connectivity index (χ1v) is 6.86. The van der Waals surface area contributed by atoms with E-state index in [2.05, 4.69) is 20.6 Å². The maximum Gasteiger partial charge on any atom is 0.321 e. The molecule has 0 aromatic carbocycles. The summed E-state index contributed by atoms with van der Waals surface area (Å²) in [4.78, 5) is 31.0. The number of anilines is 1. The fourth-order valence-corrected chi connectivity index (χ4v) is 2.08. The van der Waals surface area contributed by atoms with Gasteiger partial charge in [-0.05, 0) is 19.8 Å². The lowest BCUT2D eigenvalue weighted by Gasteiger charge is -2.05. The van der Waals surface area contributed by atoms with Crippen molar-refractivity contribution in [2.45, 2.75) is 31.0 Å². The summed E-state index contributed by atoms with van der Waals surface area (Å²) < 4.78 is 0. The molecule has 1 aromatic rings. The van der Waals surface area contributed by atoms with Crippen LogP contribution in [-0.4, -0.2) is 33.7 Å². The quantitative estimate of drug-likeness (QED) is 0.546. The zero-order chi connectivity index (χ0) is 13.8. The molecule has 1 aromatic heterocycles. The number of nitrogens with two attached hydrogens (primary N) is 1. The number of thioether (sulfide) groups is 1. The molecule has 0 bridgehead atoms. The van der Waals surface area contributed by atoms with Gasteiger partial charge in [-0.3, -0.25) is 10.1 Å². The van der Waals surface area contributed by atoms with Crippen LogP contribution in [0.1, 0.15) is 18.5 Å². The van der Waals surface area contributed by atoms with Gasteiger partial charge in [0.15, 0.2) is 5.16 Å². The molecule has 1 aliphatic rings. The minimum absolute atomic E-state index is 0.0704. The van der Waals surface area contributed by atoms with Crippen molar-refractivity contribution in [1.29, 1.82) is 0 Å². The Bertz CT molecular complexity index is 484. The van der Waals surface area contributed by atoms with Gasteiger partial charge in [-0.2, -0.15) is 0 Å². The van der Waals surface area contributed by atoms with Crippen LogP contribution in [0.15, 0.2) is 11.2 Å². The van der Waals surface area contributed by atoms with E-state index in [1.54, 1.807) is 13.0 Å². The van der Waals surface area contributed by atoms with Gasteiger partial charge in [-0.25, -0.2) is 14.8 Å². The number of aromatic nitrogens is 2. The molecule has 8 heteroatoms. The van der Waals surface area contributed by atoms with E-state index in [1.807, 2.05) is 0 Å². The zero-order valence-corrected chi connectivity index (χ0v) is 11.3. The number of hydrogen-bond acceptors (Lipinski definition) is 6. The van der Waals surface area contributed by atoms with Crippen molar-refractivity contribution >= 4 is 29.5 Å². The standard InChI is InChI=1S/C11H15N5O2S/c1-6-4-8(12)15-11(13-6)19-5-9(17)16-10(18)14-7-2-3-7/h4,7H,2-3,5H2,1H3,(H2,12,13,15)(H2,14,16,17,18). The van der Waals surface area contributed by atoms with Crippen LogP contribution in [0.5, 0.6) is 0 Å². The summed E-state index contributed by atoms with van der Waals surface area (Å²) in [7, 11) is 0. The first-order valence-electron chi connectivity index (χ1n) is 5.87. The van der Waals surface area contributed by atoms with E-state index in [0.717, 1.165) is 30.3 Å². The minimum atomic E-state index is -0.447. The number of nitrogens with one attached hydrogen (secondary N) is 2. The number of urea groups is 1. The first-order chi connectivity index (χ1) is 9.02. The summed E-state index contributed by atoms with van der Waals surface area (Å²) in [6.45, 7) is 1.80. The topological polar surface area (TPSA) is 110 Å². The van der Waals surface area contributed by atoms with Gasteiger partial charge >= 0.3 is 6.03 Å². The molecule has 0 unspecified atom stereocenters. The Morgan fingerprint density at radius 1 is 1.47 bits per heavy atom. The second kappa shape index (κ2) is 5.87. The molecule has 19 heavy (non-hydrogen) atoms.